The topological polar surface area (TPSA) is 3.24 Å². The summed E-state index contributed by atoms with van der Waals surface area (Å²) < 4.78 is 0. The molecule has 3 fully saturated rings. The first-order valence-corrected chi connectivity index (χ1v) is 4.28. The fourth-order valence-electron chi connectivity index (χ4n) is 2.02. The summed E-state index contributed by atoms with van der Waals surface area (Å²) in [5.74, 6) is 0.289. The van der Waals surface area contributed by atoms with Crippen LogP contribution in [0.4, 0.5) is 0 Å². The smallest absolute Gasteiger partial charge is 0.0418 e. The van der Waals surface area contributed by atoms with Gasteiger partial charge in [0.2, 0.25) is 0 Å². The Labute approximate surface area is 79.1 Å². The van der Waals surface area contributed by atoms with Gasteiger partial charge in [-0.3, -0.25) is 0 Å². The van der Waals surface area contributed by atoms with Crippen molar-refractivity contribution in [2.75, 3.05) is 0 Å². The summed E-state index contributed by atoms with van der Waals surface area (Å²) in [7, 11) is 0. The van der Waals surface area contributed by atoms with E-state index >= 15 is 0 Å². The molecule has 3 saturated heterocycles. The van der Waals surface area contributed by atoms with Crippen LogP contribution in [0.25, 0.3) is 0 Å². The van der Waals surface area contributed by atoms with E-state index in [-0.39, 0.29) is 5.92 Å². The average Bonchev–Trinajstić information content (AvgIpc) is 2.07. The molecule has 3 aliphatic rings. The van der Waals surface area contributed by atoms with Crippen LogP contribution in [0.3, 0.4) is 0 Å². The largest absolute Gasteiger partial charge is 0.315 e. The molecule has 0 N–H and O–H groups in total. The van der Waals surface area contributed by atoms with Gasteiger partial charge < -0.3 is 4.90 Å². The molecule has 0 aromatic heterocycles. The Morgan fingerprint density at radius 1 is 0.923 bits per heavy atom. The summed E-state index contributed by atoms with van der Waals surface area (Å²) in [4.78, 5) is 1.96. The summed E-state index contributed by atoms with van der Waals surface area (Å²) in [5.41, 5.74) is 5.03. The van der Waals surface area contributed by atoms with E-state index in [4.69, 9.17) is 0 Å². The van der Waals surface area contributed by atoms with Gasteiger partial charge in [0, 0.05) is 23.0 Å². The summed E-state index contributed by atoms with van der Waals surface area (Å²) >= 11 is 0. The predicted octanol–water partition coefficient (Wildman–Crippen LogP) is 2.98. The number of hydrogen-bond acceptors (Lipinski definition) is 1. The van der Waals surface area contributed by atoms with Crippen molar-refractivity contribution in [2.24, 2.45) is 5.92 Å². The van der Waals surface area contributed by atoms with Gasteiger partial charge >= 0.3 is 0 Å². The molecule has 0 amide bonds. The highest BCUT2D eigenvalue weighted by Crippen LogP contribution is 2.49. The van der Waals surface area contributed by atoms with Crippen molar-refractivity contribution in [2.45, 2.75) is 6.42 Å². The van der Waals surface area contributed by atoms with Crippen LogP contribution in [0.1, 0.15) is 6.42 Å². The molecular weight excluding hydrogens is 158 g/mol. The lowest BCUT2D eigenvalue weighted by molar-refractivity contribution is 0.394. The number of hydrogen-bond donors (Lipinski definition) is 0. The number of fused-ring (bicyclic) bond motifs is 3. The minimum atomic E-state index is 0.289. The standard InChI is InChI=1S/C12H13N/c1-7-6-12-8(2)10(4)13(7)11(5)9(12)3/h12H,1-6H2. The second-order valence-electron chi connectivity index (χ2n) is 3.60. The van der Waals surface area contributed by atoms with Gasteiger partial charge in [-0.15, -0.1) is 0 Å². The molecule has 3 heterocycles. The zero-order chi connectivity index (χ0) is 9.75. The summed E-state index contributed by atoms with van der Waals surface area (Å²) in [6, 6.07) is 0. The van der Waals surface area contributed by atoms with Gasteiger partial charge in [0.05, 0.1) is 0 Å². The van der Waals surface area contributed by atoms with Gasteiger partial charge in [-0.25, -0.2) is 0 Å². The van der Waals surface area contributed by atoms with E-state index in [2.05, 4.69) is 32.9 Å². The summed E-state index contributed by atoms with van der Waals surface area (Å²) in [6.45, 7) is 20.0. The average molecular weight is 171 g/mol. The van der Waals surface area contributed by atoms with Crippen molar-refractivity contribution >= 4 is 0 Å². The van der Waals surface area contributed by atoms with E-state index in [1.54, 1.807) is 0 Å². The molecule has 13 heavy (non-hydrogen) atoms. The van der Waals surface area contributed by atoms with Crippen molar-refractivity contribution in [3.63, 3.8) is 0 Å². The maximum atomic E-state index is 4.01. The summed E-state index contributed by atoms with van der Waals surface area (Å²) in [5, 5.41) is 0. The minimum Gasteiger partial charge on any atom is -0.315 e. The molecule has 1 heteroatoms. The molecule has 0 aromatic rings. The number of allylic oxidation sites excluding steroid dienone is 3. The molecule has 0 unspecified atom stereocenters. The third-order valence-electron chi connectivity index (χ3n) is 2.88. The monoisotopic (exact) mass is 171 g/mol. The highest BCUT2D eigenvalue weighted by Gasteiger charge is 2.38. The van der Waals surface area contributed by atoms with E-state index < -0.39 is 0 Å². The Hall–Kier alpha value is -1.50. The molecule has 3 aliphatic heterocycles. The molecule has 0 spiro atoms. The highest BCUT2D eigenvalue weighted by molar-refractivity contribution is 5.54. The molecule has 0 saturated carbocycles. The zero-order valence-electron chi connectivity index (χ0n) is 7.77. The Balaban J connectivity index is 2.56. The SMILES string of the molecule is C=C1C(=C)N2C(=C)CC1C(=C)C2=C. The lowest BCUT2D eigenvalue weighted by Crippen LogP contribution is -2.38. The lowest BCUT2D eigenvalue weighted by atomic mass is 9.76. The highest BCUT2D eigenvalue weighted by atomic mass is 15.2. The summed E-state index contributed by atoms with van der Waals surface area (Å²) in [6.07, 6.45) is 0.912. The Morgan fingerprint density at radius 2 is 1.38 bits per heavy atom. The molecular formula is C12H13N. The molecule has 0 atom stereocenters. The minimum absolute atomic E-state index is 0.289. The van der Waals surface area contributed by atoms with Crippen LogP contribution in [0, 0.1) is 5.92 Å². The number of nitrogens with zero attached hydrogens (tertiary/aromatic N) is 1. The quantitative estimate of drug-likeness (QED) is 0.541. The first-order valence-electron chi connectivity index (χ1n) is 4.28. The molecule has 0 aliphatic carbocycles. The van der Waals surface area contributed by atoms with Crippen molar-refractivity contribution < 1.29 is 0 Å². The van der Waals surface area contributed by atoms with Crippen molar-refractivity contribution in [3.8, 4) is 0 Å². The maximum Gasteiger partial charge on any atom is 0.0418 e. The third-order valence-corrected chi connectivity index (χ3v) is 2.88. The van der Waals surface area contributed by atoms with E-state index in [1.807, 2.05) is 4.90 Å². The fourth-order valence-corrected chi connectivity index (χ4v) is 2.02. The van der Waals surface area contributed by atoms with Gasteiger partial charge in [-0.2, -0.15) is 0 Å². The van der Waals surface area contributed by atoms with E-state index in [9.17, 15) is 0 Å². The molecule has 66 valence electrons. The Kier molecular flexibility index (Phi) is 1.41. The van der Waals surface area contributed by atoms with Crippen molar-refractivity contribution in [1.82, 2.24) is 4.90 Å². The van der Waals surface area contributed by atoms with Gasteiger partial charge in [-0.05, 0) is 17.6 Å². The Morgan fingerprint density at radius 3 is 1.77 bits per heavy atom. The van der Waals surface area contributed by atoms with Gasteiger partial charge in [0.1, 0.15) is 0 Å². The van der Waals surface area contributed by atoms with Gasteiger partial charge in [0.25, 0.3) is 0 Å². The number of piperidine rings is 3. The van der Waals surface area contributed by atoms with Crippen LogP contribution in [-0.4, -0.2) is 4.90 Å². The van der Waals surface area contributed by atoms with Gasteiger partial charge in [-0.1, -0.05) is 32.9 Å². The molecule has 1 nitrogen and oxygen atoms in total. The Bertz CT molecular complexity index is 343. The lowest BCUT2D eigenvalue weighted by Gasteiger charge is -2.47. The van der Waals surface area contributed by atoms with Crippen LogP contribution in [-0.2, 0) is 0 Å². The van der Waals surface area contributed by atoms with Crippen LogP contribution in [0.15, 0.2) is 61.1 Å². The van der Waals surface area contributed by atoms with Crippen LogP contribution in [0.5, 0.6) is 0 Å². The van der Waals surface area contributed by atoms with Gasteiger partial charge in [0.15, 0.2) is 0 Å². The normalized spacial score (nSPS) is 23.4. The second-order valence-corrected chi connectivity index (χ2v) is 3.60. The van der Waals surface area contributed by atoms with Crippen LogP contribution in [0.2, 0.25) is 0 Å². The van der Waals surface area contributed by atoms with Crippen LogP contribution >= 0.6 is 0 Å². The molecule has 0 radical (unpaired) electrons. The molecule has 2 bridgehead atoms. The maximum absolute atomic E-state index is 4.01. The first-order chi connectivity index (χ1) is 6.04. The zero-order valence-corrected chi connectivity index (χ0v) is 7.77. The first kappa shape index (κ1) is 8.11. The molecule has 3 rings (SSSR count). The fraction of sp³-hybridized carbons (Fsp3) is 0.167. The van der Waals surface area contributed by atoms with Crippen molar-refractivity contribution in [1.29, 1.82) is 0 Å². The predicted molar refractivity (Wildman–Crippen MR) is 55.6 cm³/mol. The van der Waals surface area contributed by atoms with Crippen molar-refractivity contribution in [3.05, 3.63) is 61.1 Å². The number of rotatable bonds is 0. The second kappa shape index (κ2) is 2.25. The van der Waals surface area contributed by atoms with E-state index in [0.29, 0.717) is 0 Å². The van der Waals surface area contributed by atoms with E-state index in [1.165, 1.54) is 0 Å². The van der Waals surface area contributed by atoms with E-state index in [0.717, 1.165) is 34.7 Å². The third kappa shape index (κ3) is 0.816. The van der Waals surface area contributed by atoms with Crippen LogP contribution < -0.4 is 0 Å². The molecule has 0 aromatic carbocycles.